The van der Waals surface area contributed by atoms with E-state index in [1.54, 1.807) is 30.6 Å². The predicted octanol–water partition coefficient (Wildman–Crippen LogP) is 4.54. The zero-order chi connectivity index (χ0) is 19.1. The average molecular weight is 382 g/mol. The van der Waals surface area contributed by atoms with Crippen molar-refractivity contribution < 1.29 is 14.3 Å². The molecule has 0 atom stereocenters. The van der Waals surface area contributed by atoms with Crippen LogP contribution in [0.3, 0.4) is 0 Å². The van der Waals surface area contributed by atoms with Gasteiger partial charge in [0.15, 0.2) is 0 Å². The maximum Gasteiger partial charge on any atom is 0.251 e. The van der Waals surface area contributed by atoms with Gasteiger partial charge in [-0.1, -0.05) is 13.0 Å². The van der Waals surface area contributed by atoms with Crippen LogP contribution in [0.15, 0.2) is 53.9 Å². The van der Waals surface area contributed by atoms with Crippen molar-refractivity contribution in [1.82, 2.24) is 10.3 Å². The van der Waals surface area contributed by atoms with E-state index in [1.165, 1.54) is 0 Å². The molecule has 0 radical (unpaired) electrons. The van der Waals surface area contributed by atoms with E-state index < -0.39 is 0 Å². The Morgan fingerprint density at radius 1 is 1.15 bits per heavy atom. The Morgan fingerprint density at radius 2 is 1.96 bits per heavy atom. The monoisotopic (exact) mass is 382 g/mol. The van der Waals surface area contributed by atoms with Crippen LogP contribution >= 0.6 is 11.3 Å². The second-order valence-electron chi connectivity index (χ2n) is 5.93. The van der Waals surface area contributed by atoms with Crippen LogP contribution in [-0.2, 0) is 6.54 Å². The molecule has 0 saturated carbocycles. The molecular formula is C21H22N2O3S. The molecule has 1 N–H and O–H groups in total. The first-order valence-corrected chi connectivity index (χ1v) is 9.67. The third-order valence-corrected chi connectivity index (χ3v) is 4.83. The van der Waals surface area contributed by atoms with E-state index in [9.17, 15) is 4.79 Å². The minimum atomic E-state index is -0.143. The molecule has 3 aromatic rings. The van der Waals surface area contributed by atoms with Gasteiger partial charge in [-0.05, 0) is 48.9 Å². The fourth-order valence-electron chi connectivity index (χ4n) is 2.47. The molecule has 0 saturated heterocycles. The Kier molecular flexibility index (Phi) is 6.44. The number of aromatic nitrogens is 1. The number of ether oxygens (including phenoxy) is 2. The Balaban J connectivity index is 1.60. The van der Waals surface area contributed by atoms with Crippen molar-refractivity contribution in [3.8, 4) is 22.1 Å². The molecule has 27 heavy (non-hydrogen) atoms. The van der Waals surface area contributed by atoms with E-state index in [4.69, 9.17) is 9.47 Å². The van der Waals surface area contributed by atoms with Crippen LogP contribution in [-0.4, -0.2) is 24.6 Å². The molecule has 1 aromatic heterocycles. The maximum atomic E-state index is 12.4. The van der Waals surface area contributed by atoms with E-state index in [0.29, 0.717) is 24.5 Å². The van der Waals surface area contributed by atoms with Gasteiger partial charge < -0.3 is 14.8 Å². The van der Waals surface area contributed by atoms with Crippen LogP contribution in [0.2, 0.25) is 0 Å². The van der Waals surface area contributed by atoms with Crippen LogP contribution in [0.5, 0.6) is 11.5 Å². The molecule has 1 amide bonds. The van der Waals surface area contributed by atoms with Gasteiger partial charge in [0.1, 0.15) is 16.5 Å². The summed E-state index contributed by atoms with van der Waals surface area (Å²) in [7, 11) is 1.64. The third-order valence-electron chi connectivity index (χ3n) is 3.89. The highest BCUT2D eigenvalue weighted by Crippen LogP contribution is 2.25. The van der Waals surface area contributed by atoms with Crippen LogP contribution < -0.4 is 14.8 Å². The van der Waals surface area contributed by atoms with Gasteiger partial charge in [-0.25, -0.2) is 4.98 Å². The minimum absolute atomic E-state index is 0.143. The van der Waals surface area contributed by atoms with Gasteiger partial charge in [0.05, 0.1) is 26.0 Å². The Hall–Kier alpha value is -2.86. The van der Waals surface area contributed by atoms with Crippen molar-refractivity contribution in [2.45, 2.75) is 19.9 Å². The molecule has 5 nitrogen and oxygen atoms in total. The molecule has 0 unspecified atom stereocenters. The number of methoxy groups -OCH3 is 1. The van der Waals surface area contributed by atoms with Crippen LogP contribution in [0.4, 0.5) is 0 Å². The highest BCUT2D eigenvalue weighted by Gasteiger charge is 2.09. The standard InChI is InChI=1S/C21H22N2O3S/c1-3-11-26-19-6-4-5-16(12-19)20(24)22-13-17-14-27-21(23-17)15-7-9-18(25-2)10-8-15/h4-10,12,14H,3,11,13H2,1-2H3,(H,22,24). The summed E-state index contributed by atoms with van der Waals surface area (Å²) in [6, 6.07) is 15.0. The van der Waals surface area contributed by atoms with E-state index in [1.807, 2.05) is 48.7 Å². The van der Waals surface area contributed by atoms with Crippen molar-refractivity contribution in [1.29, 1.82) is 0 Å². The number of hydrogen-bond donors (Lipinski definition) is 1. The van der Waals surface area contributed by atoms with E-state index in [2.05, 4.69) is 10.3 Å². The van der Waals surface area contributed by atoms with Crippen LogP contribution in [0.1, 0.15) is 29.4 Å². The third kappa shape index (κ3) is 5.08. The molecule has 6 heteroatoms. The summed E-state index contributed by atoms with van der Waals surface area (Å²) in [4.78, 5) is 17.0. The fourth-order valence-corrected chi connectivity index (χ4v) is 3.30. The normalized spacial score (nSPS) is 10.4. The molecule has 0 spiro atoms. The lowest BCUT2D eigenvalue weighted by molar-refractivity contribution is 0.0950. The lowest BCUT2D eigenvalue weighted by atomic mass is 10.2. The molecule has 0 aliphatic rings. The quantitative estimate of drug-likeness (QED) is 0.621. The summed E-state index contributed by atoms with van der Waals surface area (Å²) in [5.41, 5.74) is 2.44. The maximum absolute atomic E-state index is 12.4. The number of carbonyl (C=O) groups excluding carboxylic acids is 1. The first-order chi connectivity index (χ1) is 13.2. The Morgan fingerprint density at radius 3 is 2.70 bits per heavy atom. The highest BCUT2D eigenvalue weighted by atomic mass is 32.1. The number of carbonyl (C=O) groups is 1. The number of nitrogens with one attached hydrogen (secondary N) is 1. The Labute approximate surface area is 163 Å². The SMILES string of the molecule is CCCOc1cccc(C(=O)NCc2csc(-c3ccc(OC)cc3)n2)c1. The first-order valence-electron chi connectivity index (χ1n) is 8.79. The molecular weight excluding hydrogens is 360 g/mol. The zero-order valence-electron chi connectivity index (χ0n) is 15.4. The zero-order valence-corrected chi connectivity index (χ0v) is 16.2. The molecule has 0 bridgehead atoms. The van der Waals surface area contributed by atoms with Gasteiger partial charge in [0.25, 0.3) is 5.91 Å². The van der Waals surface area contributed by atoms with Crippen molar-refractivity contribution in [3.05, 3.63) is 65.2 Å². The average Bonchev–Trinajstić information content (AvgIpc) is 3.20. The lowest BCUT2D eigenvalue weighted by Crippen LogP contribution is -2.22. The number of nitrogens with zero attached hydrogens (tertiary/aromatic N) is 1. The van der Waals surface area contributed by atoms with Gasteiger partial charge >= 0.3 is 0 Å². The smallest absolute Gasteiger partial charge is 0.251 e. The molecule has 1 heterocycles. The summed E-state index contributed by atoms with van der Waals surface area (Å²) in [6.07, 6.45) is 0.927. The van der Waals surface area contributed by atoms with Crippen molar-refractivity contribution in [2.75, 3.05) is 13.7 Å². The number of amides is 1. The molecule has 3 rings (SSSR count). The summed E-state index contributed by atoms with van der Waals surface area (Å²) < 4.78 is 10.8. The predicted molar refractivity (Wildman–Crippen MR) is 108 cm³/mol. The second-order valence-corrected chi connectivity index (χ2v) is 6.79. The van der Waals surface area contributed by atoms with Crippen molar-refractivity contribution >= 4 is 17.2 Å². The number of thiazole rings is 1. The summed E-state index contributed by atoms with van der Waals surface area (Å²) in [5, 5.41) is 5.78. The number of hydrogen-bond acceptors (Lipinski definition) is 5. The summed E-state index contributed by atoms with van der Waals surface area (Å²) in [6.45, 7) is 3.06. The van der Waals surface area contributed by atoms with Gasteiger partial charge in [0.2, 0.25) is 0 Å². The van der Waals surface area contributed by atoms with Gasteiger partial charge in [-0.3, -0.25) is 4.79 Å². The topological polar surface area (TPSA) is 60.5 Å². The second kappa shape index (κ2) is 9.19. The van der Waals surface area contributed by atoms with E-state index >= 15 is 0 Å². The molecule has 2 aromatic carbocycles. The number of rotatable bonds is 8. The molecule has 0 fully saturated rings. The lowest BCUT2D eigenvalue weighted by Gasteiger charge is -2.07. The number of benzene rings is 2. The van der Waals surface area contributed by atoms with Crippen LogP contribution in [0.25, 0.3) is 10.6 Å². The minimum Gasteiger partial charge on any atom is -0.497 e. The van der Waals surface area contributed by atoms with E-state index in [0.717, 1.165) is 28.4 Å². The van der Waals surface area contributed by atoms with Crippen molar-refractivity contribution in [2.24, 2.45) is 0 Å². The summed E-state index contributed by atoms with van der Waals surface area (Å²) >= 11 is 1.55. The largest absolute Gasteiger partial charge is 0.497 e. The molecule has 0 aliphatic heterocycles. The van der Waals surface area contributed by atoms with Crippen LogP contribution in [0, 0.1) is 0 Å². The fraction of sp³-hybridized carbons (Fsp3) is 0.238. The van der Waals surface area contributed by atoms with E-state index in [-0.39, 0.29) is 5.91 Å². The summed E-state index contributed by atoms with van der Waals surface area (Å²) in [5.74, 6) is 1.38. The highest BCUT2D eigenvalue weighted by molar-refractivity contribution is 7.13. The first kappa shape index (κ1) is 18.9. The Bertz CT molecular complexity index is 890. The van der Waals surface area contributed by atoms with Gasteiger partial charge in [-0.15, -0.1) is 11.3 Å². The van der Waals surface area contributed by atoms with Crippen molar-refractivity contribution in [3.63, 3.8) is 0 Å². The molecule has 140 valence electrons. The van der Waals surface area contributed by atoms with Gasteiger partial charge in [0, 0.05) is 16.5 Å². The molecule has 0 aliphatic carbocycles. The van der Waals surface area contributed by atoms with Gasteiger partial charge in [-0.2, -0.15) is 0 Å².